The molecule has 1 atom stereocenters. The summed E-state index contributed by atoms with van der Waals surface area (Å²) in [6.45, 7) is 0. The predicted molar refractivity (Wildman–Crippen MR) is 74.4 cm³/mol. The van der Waals surface area contributed by atoms with Gasteiger partial charge in [0.15, 0.2) is 0 Å². The molecule has 4 saturated carbocycles. The lowest BCUT2D eigenvalue weighted by Crippen LogP contribution is -2.46. The highest BCUT2D eigenvalue weighted by Gasteiger charge is 2.51. The van der Waals surface area contributed by atoms with Crippen LogP contribution >= 0.6 is 0 Å². The molecule has 0 amide bonds. The van der Waals surface area contributed by atoms with Crippen LogP contribution in [0.2, 0.25) is 0 Å². The maximum absolute atomic E-state index is 13.3. The summed E-state index contributed by atoms with van der Waals surface area (Å²) in [5, 5.41) is 10.5. The van der Waals surface area contributed by atoms with E-state index >= 15 is 0 Å². The Morgan fingerprint density at radius 2 is 1.75 bits per heavy atom. The second-order valence-electron chi connectivity index (χ2n) is 7.57. The molecule has 0 aliphatic heterocycles. The fourth-order valence-electron chi connectivity index (χ4n) is 5.68. The van der Waals surface area contributed by atoms with Crippen molar-refractivity contribution in [1.82, 2.24) is 4.98 Å². The third kappa shape index (κ3) is 2.16. The van der Waals surface area contributed by atoms with Gasteiger partial charge >= 0.3 is 0 Å². The lowest BCUT2D eigenvalue weighted by atomic mass is 9.48. The minimum absolute atomic E-state index is 0.320. The Morgan fingerprint density at radius 3 is 2.30 bits per heavy atom. The van der Waals surface area contributed by atoms with Crippen LogP contribution in [0.4, 0.5) is 4.39 Å². The van der Waals surface area contributed by atoms with E-state index in [2.05, 4.69) is 4.98 Å². The van der Waals surface area contributed by atoms with E-state index in [9.17, 15) is 9.50 Å². The van der Waals surface area contributed by atoms with Gasteiger partial charge in [0.25, 0.3) is 0 Å². The molecule has 4 aliphatic rings. The molecule has 4 bridgehead atoms. The van der Waals surface area contributed by atoms with Crippen LogP contribution in [-0.4, -0.2) is 10.1 Å². The maximum atomic E-state index is 13.3. The average Bonchev–Trinajstić information content (AvgIpc) is 2.36. The molecule has 0 aromatic carbocycles. The molecule has 0 radical (unpaired) electrons. The highest BCUT2D eigenvalue weighted by molar-refractivity contribution is 5.15. The Morgan fingerprint density at radius 1 is 1.15 bits per heavy atom. The molecular formula is C17H22FNO. The van der Waals surface area contributed by atoms with Crippen LogP contribution in [0.25, 0.3) is 0 Å². The van der Waals surface area contributed by atoms with Gasteiger partial charge in [0.1, 0.15) is 5.82 Å². The van der Waals surface area contributed by atoms with E-state index < -0.39 is 6.10 Å². The quantitative estimate of drug-likeness (QED) is 0.908. The Labute approximate surface area is 119 Å². The highest BCUT2D eigenvalue weighted by atomic mass is 19.1. The van der Waals surface area contributed by atoms with Gasteiger partial charge in [-0.1, -0.05) is 0 Å². The van der Waals surface area contributed by atoms with Crippen molar-refractivity contribution >= 4 is 0 Å². The summed E-state index contributed by atoms with van der Waals surface area (Å²) < 4.78 is 13.3. The molecule has 2 nitrogen and oxygen atoms in total. The van der Waals surface area contributed by atoms with Crippen molar-refractivity contribution in [3.8, 4) is 0 Å². The van der Waals surface area contributed by atoms with Gasteiger partial charge in [-0.2, -0.15) is 0 Å². The number of aromatic nitrogens is 1. The Kier molecular flexibility index (Phi) is 2.88. The zero-order chi connectivity index (χ0) is 13.7. The molecule has 20 heavy (non-hydrogen) atoms. The summed E-state index contributed by atoms with van der Waals surface area (Å²) in [6, 6.07) is 1.43. The van der Waals surface area contributed by atoms with Gasteiger partial charge in [-0.25, -0.2) is 4.39 Å². The minimum Gasteiger partial charge on any atom is -0.388 e. The van der Waals surface area contributed by atoms with Crippen molar-refractivity contribution in [2.75, 3.05) is 0 Å². The number of hydrogen-bond donors (Lipinski definition) is 1. The Hall–Kier alpha value is -0.960. The molecule has 1 unspecified atom stereocenters. The zero-order valence-corrected chi connectivity index (χ0v) is 11.8. The number of aliphatic hydroxyl groups is 1. The number of nitrogens with zero attached hydrogens (tertiary/aromatic N) is 1. The van der Waals surface area contributed by atoms with Crippen molar-refractivity contribution < 1.29 is 9.50 Å². The molecule has 1 aromatic rings. The van der Waals surface area contributed by atoms with Crippen LogP contribution in [0.1, 0.15) is 56.6 Å². The van der Waals surface area contributed by atoms with Crippen molar-refractivity contribution in [3.05, 3.63) is 29.8 Å². The Balaban J connectivity index is 1.53. The molecule has 5 rings (SSSR count). The van der Waals surface area contributed by atoms with E-state index in [1.54, 1.807) is 6.20 Å². The van der Waals surface area contributed by atoms with Crippen LogP contribution in [0.5, 0.6) is 0 Å². The normalized spacial score (nSPS) is 40.0. The maximum Gasteiger partial charge on any atom is 0.141 e. The van der Waals surface area contributed by atoms with Crippen LogP contribution in [0, 0.1) is 29.0 Å². The van der Waals surface area contributed by atoms with Crippen molar-refractivity contribution in [2.45, 2.75) is 51.0 Å². The Bertz CT molecular complexity index is 480. The topological polar surface area (TPSA) is 33.1 Å². The average molecular weight is 275 g/mol. The summed E-state index contributed by atoms with van der Waals surface area (Å²) in [6.07, 6.45) is 11.1. The van der Waals surface area contributed by atoms with Gasteiger partial charge in [0.2, 0.25) is 0 Å². The molecule has 4 aliphatic carbocycles. The molecule has 1 aromatic heterocycles. The number of pyridine rings is 1. The zero-order valence-electron chi connectivity index (χ0n) is 11.8. The van der Waals surface area contributed by atoms with E-state index in [1.807, 2.05) is 0 Å². The molecule has 0 spiro atoms. The van der Waals surface area contributed by atoms with E-state index in [0.29, 0.717) is 11.0 Å². The smallest absolute Gasteiger partial charge is 0.141 e. The van der Waals surface area contributed by atoms with Gasteiger partial charge in [0, 0.05) is 11.8 Å². The fourth-order valence-corrected chi connectivity index (χ4v) is 5.68. The fraction of sp³-hybridized carbons (Fsp3) is 0.706. The van der Waals surface area contributed by atoms with E-state index in [-0.39, 0.29) is 5.82 Å². The van der Waals surface area contributed by atoms with Crippen LogP contribution in [0.15, 0.2) is 18.5 Å². The number of hydrogen-bond acceptors (Lipinski definition) is 2. The molecule has 4 fully saturated rings. The van der Waals surface area contributed by atoms with Crippen LogP contribution in [-0.2, 0) is 0 Å². The molecule has 108 valence electrons. The summed E-state index contributed by atoms with van der Waals surface area (Å²) in [4.78, 5) is 3.86. The first-order valence-electron chi connectivity index (χ1n) is 7.90. The molecule has 1 heterocycles. The monoisotopic (exact) mass is 275 g/mol. The first kappa shape index (κ1) is 12.8. The van der Waals surface area contributed by atoms with Gasteiger partial charge < -0.3 is 5.11 Å². The summed E-state index contributed by atoms with van der Waals surface area (Å²) in [5.74, 6) is 2.31. The van der Waals surface area contributed by atoms with Gasteiger partial charge in [-0.05, 0) is 74.2 Å². The highest BCUT2D eigenvalue weighted by Crippen LogP contribution is 2.62. The molecule has 0 saturated heterocycles. The van der Waals surface area contributed by atoms with E-state index in [4.69, 9.17) is 0 Å². The minimum atomic E-state index is -0.561. The van der Waals surface area contributed by atoms with Crippen LogP contribution in [0.3, 0.4) is 0 Å². The summed E-state index contributed by atoms with van der Waals surface area (Å²) >= 11 is 0. The van der Waals surface area contributed by atoms with Crippen molar-refractivity contribution in [2.24, 2.45) is 23.2 Å². The molecule has 3 heteroatoms. The number of halogens is 1. The molecule has 1 N–H and O–H groups in total. The van der Waals surface area contributed by atoms with Gasteiger partial charge in [0.05, 0.1) is 12.3 Å². The number of rotatable bonds is 3. The van der Waals surface area contributed by atoms with E-state index in [1.165, 1.54) is 50.8 Å². The largest absolute Gasteiger partial charge is 0.388 e. The van der Waals surface area contributed by atoms with E-state index in [0.717, 1.165) is 24.2 Å². The van der Waals surface area contributed by atoms with Gasteiger partial charge in [-0.3, -0.25) is 4.98 Å². The second-order valence-corrected chi connectivity index (χ2v) is 7.57. The first-order valence-corrected chi connectivity index (χ1v) is 7.90. The third-order valence-corrected chi connectivity index (χ3v) is 5.90. The lowest BCUT2D eigenvalue weighted by Gasteiger charge is -2.57. The number of aliphatic hydroxyl groups excluding tert-OH is 1. The predicted octanol–water partition coefficient (Wildman–Crippen LogP) is 3.86. The lowest BCUT2D eigenvalue weighted by molar-refractivity contribution is -0.0764. The SMILES string of the molecule is OC(CC12CC3CC(CC(C3)C1)C2)c1cncc(F)c1. The third-order valence-electron chi connectivity index (χ3n) is 5.90. The van der Waals surface area contributed by atoms with Crippen LogP contribution < -0.4 is 0 Å². The summed E-state index contributed by atoms with van der Waals surface area (Å²) in [7, 11) is 0. The standard InChI is InChI=1S/C17H22FNO/c18-15-4-14(9-19-10-15)16(20)8-17-5-11-1-12(6-17)3-13(2-11)7-17/h4,9-13,16,20H,1-3,5-8H2. The first-order chi connectivity index (χ1) is 9.62. The summed E-state index contributed by atoms with van der Waals surface area (Å²) in [5.41, 5.74) is 0.960. The van der Waals surface area contributed by atoms with Gasteiger partial charge in [-0.15, -0.1) is 0 Å². The molecular weight excluding hydrogens is 253 g/mol. The second kappa shape index (κ2) is 4.52. The van der Waals surface area contributed by atoms with Crippen molar-refractivity contribution in [1.29, 1.82) is 0 Å². The van der Waals surface area contributed by atoms with Crippen molar-refractivity contribution in [3.63, 3.8) is 0 Å².